The molecular formula is C19H20N2O4. The number of esters is 1. The van der Waals surface area contributed by atoms with E-state index in [1.807, 2.05) is 43.3 Å². The number of nitrogens with zero attached hydrogens (tertiary/aromatic N) is 1. The Morgan fingerprint density at radius 1 is 1.28 bits per heavy atom. The first kappa shape index (κ1) is 16.8. The number of benzene rings is 2. The van der Waals surface area contributed by atoms with Crippen molar-refractivity contribution in [2.24, 2.45) is 0 Å². The number of hydrogen-bond acceptors (Lipinski definition) is 5. The molecule has 130 valence electrons. The first-order valence-electron chi connectivity index (χ1n) is 8.01. The fraction of sp³-hybridized carbons (Fsp3) is 0.263. The van der Waals surface area contributed by atoms with Crippen molar-refractivity contribution in [1.29, 1.82) is 0 Å². The second-order valence-corrected chi connectivity index (χ2v) is 5.89. The van der Waals surface area contributed by atoms with Gasteiger partial charge in [-0.1, -0.05) is 24.3 Å². The molecule has 1 amide bonds. The van der Waals surface area contributed by atoms with E-state index in [0.29, 0.717) is 12.3 Å². The lowest BCUT2D eigenvalue weighted by Gasteiger charge is -2.29. The van der Waals surface area contributed by atoms with Crippen LogP contribution >= 0.6 is 0 Å². The average Bonchev–Trinajstić information content (AvgIpc) is 2.59. The van der Waals surface area contributed by atoms with E-state index in [2.05, 4.69) is 5.32 Å². The Morgan fingerprint density at radius 2 is 2.08 bits per heavy atom. The lowest BCUT2D eigenvalue weighted by molar-refractivity contribution is -0.133. The molecule has 0 saturated carbocycles. The summed E-state index contributed by atoms with van der Waals surface area (Å²) in [5, 5.41) is 2.87. The Bertz CT molecular complexity index is 804. The summed E-state index contributed by atoms with van der Waals surface area (Å²) in [6.07, 6.45) is 0. The molecule has 1 aliphatic heterocycles. The molecule has 3 rings (SSSR count). The number of para-hydroxylation sites is 1. The smallest absolute Gasteiger partial charge is 0.331 e. The molecule has 2 aromatic carbocycles. The molecule has 0 radical (unpaired) electrons. The van der Waals surface area contributed by atoms with Crippen LogP contribution in [0.15, 0.2) is 42.5 Å². The molecule has 0 atom stereocenters. The van der Waals surface area contributed by atoms with Crippen molar-refractivity contribution in [2.75, 3.05) is 25.1 Å². The zero-order valence-corrected chi connectivity index (χ0v) is 14.2. The third-order valence-electron chi connectivity index (χ3n) is 4.00. The quantitative estimate of drug-likeness (QED) is 0.666. The first-order chi connectivity index (χ1) is 12.1. The maximum atomic E-state index is 12.3. The molecule has 1 aliphatic rings. The molecule has 0 aromatic heterocycles. The minimum Gasteiger partial charge on any atom is -0.496 e. The normalized spacial score (nSPS) is 13.0. The Hall–Kier alpha value is -3.02. The van der Waals surface area contributed by atoms with Crippen LogP contribution in [0, 0.1) is 6.92 Å². The lowest BCUT2D eigenvalue weighted by atomic mass is 10.1. The van der Waals surface area contributed by atoms with Crippen LogP contribution in [0.2, 0.25) is 0 Å². The predicted octanol–water partition coefficient (Wildman–Crippen LogP) is 2.05. The van der Waals surface area contributed by atoms with Gasteiger partial charge in [0.05, 0.1) is 19.3 Å². The number of ether oxygens (including phenoxy) is 2. The van der Waals surface area contributed by atoms with Gasteiger partial charge in [0.15, 0.2) is 5.75 Å². The number of hydrogen-bond donors (Lipinski definition) is 1. The number of fused-ring (bicyclic) bond motifs is 1. The number of amides is 1. The SMILES string of the molecule is COc1ccccc1CNC(=O)CN1CC(=O)Oc2cc(C)ccc21. The summed E-state index contributed by atoms with van der Waals surface area (Å²) in [4.78, 5) is 25.8. The second kappa shape index (κ2) is 7.25. The molecule has 0 saturated heterocycles. The third-order valence-corrected chi connectivity index (χ3v) is 4.00. The van der Waals surface area contributed by atoms with Crippen molar-refractivity contribution in [3.05, 3.63) is 53.6 Å². The Kier molecular flexibility index (Phi) is 4.88. The fourth-order valence-corrected chi connectivity index (χ4v) is 2.77. The summed E-state index contributed by atoms with van der Waals surface area (Å²) < 4.78 is 10.5. The van der Waals surface area contributed by atoms with Crippen LogP contribution in [-0.4, -0.2) is 32.1 Å². The molecule has 0 unspecified atom stereocenters. The summed E-state index contributed by atoms with van der Waals surface area (Å²) in [6, 6.07) is 13.1. The van der Waals surface area contributed by atoms with Crippen LogP contribution < -0.4 is 19.7 Å². The zero-order chi connectivity index (χ0) is 17.8. The van der Waals surface area contributed by atoms with Gasteiger partial charge < -0.3 is 19.7 Å². The number of anilines is 1. The maximum absolute atomic E-state index is 12.3. The highest BCUT2D eigenvalue weighted by atomic mass is 16.5. The van der Waals surface area contributed by atoms with Crippen molar-refractivity contribution in [1.82, 2.24) is 5.32 Å². The maximum Gasteiger partial charge on any atom is 0.331 e. The van der Waals surface area contributed by atoms with E-state index in [-0.39, 0.29) is 25.0 Å². The van der Waals surface area contributed by atoms with Gasteiger partial charge in [-0.2, -0.15) is 0 Å². The van der Waals surface area contributed by atoms with E-state index in [1.165, 1.54) is 0 Å². The van der Waals surface area contributed by atoms with Crippen LogP contribution in [-0.2, 0) is 16.1 Å². The molecule has 0 aliphatic carbocycles. The first-order valence-corrected chi connectivity index (χ1v) is 8.01. The largest absolute Gasteiger partial charge is 0.496 e. The summed E-state index contributed by atoms with van der Waals surface area (Å²) in [5.41, 5.74) is 2.64. The van der Waals surface area contributed by atoms with Crippen molar-refractivity contribution in [3.63, 3.8) is 0 Å². The molecule has 0 spiro atoms. The van der Waals surface area contributed by atoms with E-state index in [9.17, 15) is 9.59 Å². The second-order valence-electron chi connectivity index (χ2n) is 5.89. The van der Waals surface area contributed by atoms with Crippen molar-refractivity contribution in [3.8, 4) is 11.5 Å². The zero-order valence-electron chi connectivity index (χ0n) is 14.2. The van der Waals surface area contributed by atoms with E-state index in [0.717, 1.165) is 22.6 Å². The van der Waals surface area contributed by atoms with E-state index in [1.54, 1.807) is 18.1 Å². The summed E-state index contributed by atoms with van der Waals surface area (Å²) in [6.45, 7) is 2.42. The van der Waals surface area contributed by atoms with Gasteiger partial charge in [0.25, 0.3) is 0 Å². The summed E-state index contributed by atoms with van der Waals surface area (Å²) >= 11 is 0. The molecule has 6 nitrogen and oxygen atoms in total. The van der Waals surface area contributed by atoms with Crippen LogP contribution in [0.1, 0.15) is 11.1 Å². The van der Waals surface area contributed by atoms with Gasteiger partial charge in [0, 0.05) is 12.1 Å². The lowest BCUT2D eigenvalue weighted by Crippen LogP contribution is -2.43. The topological polar surface area (TPSA) is 67.9 Å². The number of carbonyl (C=O) groups is 2. The highest BCUT2D eigenvalue weighted by Gasteiger charge is 2.25. The van der Waals surface area contributed by atoms with Gasteiger partial charge in [-0.25, -0.2) is 4.79 Å². The third kappa shape index (κ3) is 3.91. The van der Waals surface area contributed by atoms with Gasteiger partial charge >= 0.3 is 5.97 Å². The van der Waals surface area contributed by atoms with Gasteiger partial charge in [-0.05, 0) is 30.7 Å². The molecular weight excluding hydrogens is 320 g/mol. The van der Waals surface area contributed by atoms with Crippen LogP contribution in [0.5, 0.6) is 11.5 Å². The van der Waals surface area contributed by atoms with E-state index in [4.69, 9.17) is 9.47 Å². The highest BCUT2D eigenvalue weighted by molar-refractivity contribution is 5.89. The van der Waals surface area contributed by atoms with E-state index < -0.39 is 0 Å². The average molecular weight is 340 g/mol. The minimum atomic E-state index is -0.365. The minimum absolute atomic E-state index is 0.0537. The number of aryl methyl sites for hydroxylation is 1. The van der Waals surface area contributed by atoms with Gasteiger partial charge in [0.2, 0.25) is 5.91 Å². The van der Waals surface area contributed by atoms with Crippen LogP contribution in [0.25, 0.3) is 0 Å². The Labute approximate surface area is 146 Å². The van der Waals surface area contributed by atoms with Crippen molar-refractivity contribution < 1.29 is 19.1 Å². The van der Waals surface area contributed by atoms with Crippen LogP contribution in [0.4, 0.5) is 5.69 Å². The Balaban J connectivity index is 1.66. The monoisotopic (exact) mass is 340 g/mol. The molecule has 2 aromatic rings. The molecule has 25 heavy (non-hydrogen) atoms. The number of nitrogens with one attached hydrogen (secondary N) is 1. The molecule has 0 fully saturated rings. The number of carbonyl (C=O) groups excluding carboxylic acids is 2. The van der Waals surface area contributed by atoms with E-state index >= 15 is 0 Å². The highest BCUT2D eigenvalue weighted by Crippen LogP contribution is 2.32. The summed E-state index contributed by atoms with van der Waals surface area (Å²) in [7, 11) is 1.60. The van der Waals surface area contributed by atoms with Gasteiger partial charge in [-0.15, -0.1) is 0 Å². The number of rotatable bonds is 5. The van der Waals surface area contributed by atoms with Crippen molar-refractivity contribution in [2.45, 2.75) is 13.5 Å². The predicted molar refractivity (Wildman–Crippen MR) is 93.9 cm³/mol. The molecule has 6 heteroatoms. The fourth-order valence-electron chi connectivity index (χ4n) is 2.77. The standard InChI is InChI=1S/C19H20N2O4/c1-13-7-8-15-17(9-13)25-19(23)12-21(15)11-18(22)20-10-14-5-3-4-6-16(14)24-2/h3-9H,10-12H2,1-2H3,(H,20,22). The van der Waals surface area contributed by atoms with Gasteiger partial charge in [-0.3, -0.25) is 4.79 Å². The molecule has 1 heterocycles. The molecule has 1 N–H and O–H groups in total. The van der Waals surface area contributed by atoms with Gasteiger partial charge in [0.1, 0.15) is 12.3 Å². The van der Waals surface area contributed by atoms with Crippen molar-refractivity contribution >= 4 is 17.6 Å². The van der Waals surface area contributed by atoms with Crippen LogP contribution in [0.3, 0.4) is 0 Å². The summed E-state index contributed by atoms with van der Waals surface area (Å²) in [5.74, 6) is 0.682. The number of methoxy groups -OCH3 is 1. The Morgan fingerprint density at radius 3 is 2.88 bits per heavy atom. The molecule has 0 bridgehead atoms.